The molecular weight excluding hydrogens is 301 g/mol. The number of benzene rings is 1. The number of carbonyl (C=O) groups is 2. The van der Waals surface area contributed by atoms with Crippen molar-refractivity contribution in [1.82, 2.24) is 10.6 Å². The van der Waals surface area contributed by atoms with E-state index >= 15 is 0 Å². The predicted molar refractivity (Wildman–Crippen MR) is 84.6 cm³/mol. The molecule has 0 radical (unpaired) electrons. The molecule has 1 aromatic carbocycles. The van der Waals surface area contributed by atoms with E-state index in [1.54, 1.807) is 25.3 Å². The highest BCUT2D eigenvalue weighted by Crippen LogP contribution is 2.27. The van der Waals surface area contributed by atoms with Gasteiger partial charge in [-0.2, -0.15) is 0 Å². The van der Waals surface area contributed by atoms with Gasteiger partial charge in [-0.15, -0.1) is 0 Å². The third-order valence-corrected chi connectivity index (χ3v) is 3.72. The Morgan fingerprint density at radius 1 is 1.35 bits per heavy atom. The molecule has 7 heteroatoms. The first-order valence-corrected chi connectivity index (χ1v) is 7.65. The summed E-state index contributed by atoms with van der Waals surface area (Å²) in [5.74, 6) is -1.30. The lowest BCUT2D eigenvalue weighted by Gasteiger charge is -2.17. The van der Waals surface area contributed by atoms with Crippen molar-refractivity contribution in [2.75, 3.05) is 44.8 Å². The van der Waals surface area contributed by atoms with E-state index < -0.39 is 11.7 Å². The van der Waals surface area contributed by atoms with Crippen molar-refractivity contribution in [3.63, 3.8) is 0 Å². The van der Waals surface area contributed by atoms with Crippen molar-refractivity contribution < 1.29 is 18.7 Å². The average Bonchev–Trinajstić information content (AvgIpc) is 2.93. The van der Waals surface area contributed by atoms with Gasteiger partial charge in [0, 0.05) is 39.7 Å². The first-order valence-electron chi connectivity index (χ1n) is 7.65. The van der Waals surface area contributed by atoms with Gasteiger partial charge in [-0.05, 0) is 12.1 Å². The highest BCUT2D eigenvalue weighted by atomic mass is 19.1. The van der Waals surface area contributed by atoms with Crippen molar-refractivity contribution in [2.24, 2.45) is 5.92 Å². The molecule has 1 fully saturated rings. The molecule has 0 bridgehead atoms. The molecule has 1 unspecified atom stereocenters. The molecular formula is C16H22FN3O3. The number of nitrogens with zero attached hydrogens (tertiary/aromatic N) is 1. The molecule has 2 N–H and O–H groups in total. The van der Waals surface area contributed by atoms with Crippen LogP contribution in [-0.2, 0) is 14.3 Å². The van der Waals surface area contributed by atoms with Crippen LogP contribution in [0.5, 0.6) is 0 Å². The van der Waals surface area contributed by atoms with Crippen LogP contribution in [-0.4, -0.2) is 51.7 Å². The lowest BCUT2D eigenvalue weighted by atomic mass is 10.1. The zero-order valence-corrected chi connectivity index (χ0v) is 13.2. The third kappa shape index (κ3) is 4.74. The molecule has 6 nitrogen and oxygen atoms in total. The summed E-state index contributed by atoms with van der Waals surface area (Å²) in [6.07, 6.45) is 0.108. The van der Waals surface area contributed by atoms with Gasteiger partial charge in [0.2, 0.25) is 11.8 Å². The second kappa shape index (κ2) is 8.59. The molecule has 126 valence electrons. The number of para-hydroxylation sites is 1. The normalized spacial score (nSPS) is 17.6. The summed E-state index contributed by atoms with van der Waals surface area (Å²) in [5.41, 5.74) is 0.231. The standard InChI is InChI=1S/C16H22FN3O3/c1-23-9-8-18-6-7-19-16(22)12-10-15(21)20(11-12)14-5-3-2-4-13(14)17/h2-5,12,18H,6-11H2,1H3,(H,19,22). The molecule has 1 aliphatic rings. The largest absolute Gasteiger partial charge is 0.383 e. The Kier molecular flexibility index (Phi) is 6.49. The number of hydrogen-bond acceptors (Lipinski definition) is 4. The molecule has 2 amide bonds. The van der Waals surface area contributed by atoms with Crippen molar-refractivity contribution >= 4 is 17.5 Å². The van der Waals surface area contributed by atoms with Gasteiger partial charge in [0.15, 0.2) is 0 Å². The molecule has 1 atom stereocenters. The number of anilines is 1. The maximum Gasteiger partial charge on any atom is 0.227 e. The summed E-state index contributed by atoms with van der Waals surface area (Å²) >= 11 is 0. The fourth-order valence-corrected chi connectivity index (χ4v) is 2.50. The van der Waals surface area contributed by atoms with Gasteiger partial charge in [-0.25, -0.2) is 4.39 Å². The monoisotopic (exact) mass is 323 g/mol. The Morgan fingerprint density at radius 3 is 2.87 bits per heavy atom. The van der Waals surface area contributed by atoms with E-state index in [1.807, 2.05) is 0 Å². The number of hydrogen-bond donors (Lipinski definition) is 2. The molecule has 1 heterocycles. The molecule has 0 aromatic heterocycles. The lowest BCUT2D eigenvalue weighted by Crippen LogP contribution is -2.37. The molecule has 0 saturated carbocycles. The lowest BCUT2D eigenvalue weighted by molar-refractivity contribution is -0.126. The minimum Gasteiger partial charge on any atom is -0.383 e. The van der Waals surface area contributed by atoms with Crippen molar-refractivity contribution in [1.29, 1.82) is 0 Å². The molecule has 23 heavy (non-hydrogen) atoms. The first-order chi connectivity index (χ1) is 11.1. The van der Waals surface area contributed by atoms with E-state index in [1.165, 1.54) is 11.0 Å². The SMILES string of the molecule is COCCNCCNC(=O)C1CC(=O)N(c2ccccc2F)C1. The highest BCUT2D eigenvalue weighted by molar-refractivity contribution is 6.00. The summed E-state index contributed by atoms with van der Waals surface area (Å²) in [6, 6.07) is 6.10. The van der Waals surface area contributed by atoms with Crippen LogP contribution in [0.2, 0.25) is 0 Å². The summed E-state index contributed by atoms with van der Waals surface area (Å²) < 4.78 is 18.7. The van der Waals surface area contributed by atoms with Gasteiger partial charge in [0.1, 0.15) is 5.82 Å². The minimum absolute atomic E-state index is 0.108. The number of rotatable bonds is 8. The Balaban J connectivity index is 1.80. The first kappa shape index (κ1) is 17.4. The van der Waals surface area contributed by atoms with Crippen LogP contribution in [0.3, 0.4) is 0 Å². The van der Waals surface area contributed by atoms with Crippen LogP contribution in [0, 0.1) is 11.7 Å². The summed E-state index contributed by atoms with van der Waals surface area (Å²) in [5, 5.41) is 5.91. The van der Waals surface area contributed by atoms with Crippen molar-refractivity contribution in [3.8, 4) is 0 Å². The van der Waals surface area contributed by atoms with E-state index in [-0.39, 0.29) is 30.5 Å². The van der Waals surface area contributed by atoms with E-state index in [2.05, 4.69) is 10.6 Å². The van der Waals surface area contributed by atoms with E-state index in [4.69, 9.17) is 4.74 Å². The smallest absolute Gasteiger partial charge is 0.227 e. The minimum atomic E-state index is -0.454. The number of carbonyl (C=O) groups excluding carboxylic acids is 2. The maximum atomic E-state index is 13.8. The summed E-state index contributed by atoms with van der Waals surface area (Å²) in [4.78, 5) is 25.5. The average molecular weight is 323 g/mol. The van der Waals surface area contributed by atoms with E-state index in [0.29, 0.717) is 19.7 Å². The van der Waals surface area contributed by atoms with Crippen LogP contribution < -0.4 is 15.5 Å². The molecule has 0 spiro atoms. The van der Waals surface area contributed by atoms with E-state index in [0.717, 1.165) is 6.54 Å². The number of halogens is 1. The molecule has 2 rings (SSSR count). The van der Waals surface area contributed by atoms with Gasteiger partial charge in [-0.3, -0.25) is 9.59 Å². The van der Waals surface area contributed by atoms with Gasteiger partial charge < -0.3 is 20.3 Å². The number of methoxy groups -OCH3 is 1. The molecule has 1 aromatic rings. The number of amides is 2. The van der Waals surface area contributed by atoms with Crippen LogP contribution >= 0.6 is 0 Å². The Labute approximate surface area is 135 Å². The zero-order chi connectivity index (χ0) is 16.7. The Hall–Kier alpha value is -1.99. The summed E-state index contributed by atoms with van der Waals surface area (Å²) in [6.45, 7) is 2.65. The fraction of sp³-hybridized carbons (Fsp3) is 0.500. The highest BCUT2D eigenvalue weighted by Gasteiger charge is 2.35. The number of nitrogens with one attached hydrogen (secondary N) is 2. The predicted octanol–water partition coefficient (Wildman–Crippen LogP) is 0.531. The second-order valence-corrected chi connectivity index (χ2v) is 5.39. The van der Waals surface area contributed by atoms with Crippen LogP contribution in [0.25, 0.3) is 0 Å². The Morgan fingerprint density at radius 2 is 2.13 bits per heavy atom. The van der Waals surface area contributed by atoms with Crippen LogP contribution in [0.1, 0.15) is 6.42 Å². The topological polar surface area (TPSA) is 70.7 Å². The van der Waals surface area contributed by atoms with Gasteiger partial charge in [0.25, 0.3) is 0 Å². The van der Waals surface area contributed by atoms with Crippen molar-refractivity contribution in [3.05, 3.63) is 30.1 Å². The fourth-order valence-electron chi connectivity index (χ4n) is 2.50. The summed E-state index contributed by atoms with van der Waals surface area (Å²) in [7, 11) is 1.63. The van der Waals surface area contributed by atoms with Crippen molar-refractivity contribution in [2.45, 2.75) is 6.42 Å². The van der Waals surface area contributed by atoms with Crippen LogP contribution in [0.15, 0.2) is 24.3 Å². The quantitative estimate of drug-likeness (QED) is 0.685. The third-order valence-electron chi connectivity index (χ3n) is 3.72. The maximum absolute atomic E-state index is 13.8. The molecule has 0 aliphatic carbocycles. The molecule has 1 aliphatic heterocycles. The molecule has 1 saturated heterocycles. The zero-order valence-electron chi connectivity index (χ0n) is 13.2. The van der Waals surface area contributed by atoms with Gasteiger partial charge in [0.05, 0.1) is 18.2 Å². The van der Waals surface area contributed by atoms with Gasteiger partial charge >= 0.3 is 0 Å². The number of ether oxygens (including phenoxy) is 1. The van der Waals surface area contributed by atoms with Gasteiger partial charge in [-0.1, -0.05) is 12.1 Å². The Bertz CT molecular complexity index is 553. The second-order valence-electron chi connectivity index (χ2n) is 5.39. The van der Waals surface area contributed by atoms with Crippen LogP contribution in [0.4, 0.5) is 10.1 Å². The van der Waals surface area contributed by atoms with E-state index in [9.17, 15) is 14.0 Å².